The van der Waals surface area contributed by atoms with Crippen molar-refractivity contribution >= 4 is 17.3 Å². The van der Waals surface area contributed by atoms with Crippen LogP contribution < -0.4 is 0 Å². The molecule has 0 aromatic carbocycles. The number of hydrogen-bond acceptors (Lipinski definition) is 3. The standard InChI is InChI=1S/C5H8O2.C4H4O/c1-4(6)3-5(2)7;5-4-2-1-3-4/h3H2,1-2H3;1-2H,3H2. The minimum atomic E-state index is -0.0625. The molecule has 1 aliphatic carbocycles. The summed E-state index contributed by atoms with van der Waals surface area (Å²) in [4.78, 5) is 29.9. The summed E-state index contributed by atoms with van der Waals surface area (Å²) in [6, 6.07) is 0. The van der Waals surface area contributed by atoms with Gasteiger partial charge >= 0.3 is 0 Å². The van der Waals surface area contributed by atoms with Gasteiger partial charge in [-0.15, -0.1) is 0 Å². The Labute approximate surface area is 71.5 Å². The van der Waals surface area contributed by atoms with E-state index in [4.69, 9.17) is 0 Å². The van der Waals surface area contributed by atoms with Crippen LogP contribution in [0.5, 0.6) is 0 Å². The Morgan fingerprint density at radius 2 is 1.67 bits per heavy atom. The summed E-state index contributed by atoms with van der Waals surface area (Å²) < 4.78 is 0. The molecule has 0 heterocycles. The van der Waals surface area contributed by atoms with Gasteiger partial charge < -0.3 is 0 Å². The van der Waals surface area contributed by atoms with E-state index in [-0.39, 0.29) is 23.8 Å². The van der Waals surface area contributed by atoms with Crippen LogP contribution in [0.2, 0.25) is 0 Å². The highest BCUT2D eigenvalue weighted by Crippen LogP contribution is 1.96. The van der Waals surface area contributed by atoms with E-state index in [1.165, 1.54) is 13.8 Å². The van der Waals surface area contributed by atoms with Crippen molar-refractivity contribution in [2.75, 3.05) is 0 Å². The van der Waals surface area contributed by atoms with Crippen LogP contribution in [-0.4, -0.2) is 17.3 Å². The van der Waals surface area contributed by atoms with E-state index in [2.05, 4.69) is 0 Å². The Morgan fingerprint density at radius 3 is 1.67 bits per heavy atom. The van der Waals surface area contributed by atoms with Gasteiger partial charge in [-0.25, -0.2) is 0 Å². The summed E-state index contributed by atoms with van der Waals surface area (Å²) in [7, 11) is 0. The van der Waals surface area contributed by atoms with Crippen LogP contribution in [0.1, 0.15) is 26.7 Å². The third-order valence-corrected chi connectivity index (χ3v) is 1.12. The van der Waals surface area contributed by atoms with Crippen molar-refractivity contribution in [1.82, 2.24) is 0 Å². The zero-order chi connectivity index (χ0) is 9.56. The summed E-state index contributed by atoms with van der Waals surface area (Å²) in [6.45, 7) is 2.81. The van der Waals surface area contributed by atoms with Gasteiger partial charge in [0.2, 0.25) is 0 Å². The molecular weight excluding hydrogens is 156 g/mol. The molecule has 66 valence electrons. The van der Waals surface area contributed by atoms with Crippen LogP contribution in [0.15, 0.2) is 12.2 Å². The summed E-state index contributed by atoms with van der Waals surface area (Å²) in [5.74, 6) is 0.130. The normalized spacial score (nSPS) is 12.7. The quantitative estimate of drug-likeness (QED) is 0.579. The average Bonchev–Trinajstić information content (AvgIpc) is 1.81. The van der Waals surface area contributed by atoms with Crippen molar-refractivity contribution in [3.05, 3.63) is 12.2 Å². The van der Waals surface area contributed by atoms with Gasteiger partial charge in [-0.05, 0) is 19.9 Å². The predicted octanol–water partition coefficient (Wildman–Crippen LogP) is 1.07. The van der Waals surface area contributed by atoms with E-state index >= 15 is 0 Å². The summed E-state index contributed by atoms with van der Waals surface area (Å²) in [5.41, 5.74) is 0. The van der Waals surface area contributed by atoms with Crippen LogP contribution in [-0.2, 0) is 14.4 Å². The van der Waals surface area contributed by atoms with Crippen molar-refractivity contribution < 1.29 is 14.4 Å². The average molecular weight is 168 g/mol. The van der Waals surface area contributed by atoms with Crippen molar-refractivity contribution in [2.45, 2.75) is 26.7 Å². The molecular formula is C9H12O3. The number of rotatable bonds is 2. The Bertz CT molecular complexity index is 214. The van der Waals surface area contributed by atoms with E-state index in [0.717, 1.165) is 0 Å². The smallest absolute Gasteiger partial charge is 0.159 e. The molecule has 0 aliphatic heterocycles. The lowest BCUT2D eigenvalue weighted by Gasteiger charge is -1.92. The highest BCUT2D eigenvalue weighted by molar-refractivity contribution is 5.96. The third-order valence-electron chi connectivity index (χ3n) is 1.12. The summed E-state index contributed by atoms with van der Waals surface area (Å²) in [6.07, 6.45) is 4.18. The van der Waals surface area contributed by atoms with Gasteiger partial charge in [-0.1, -0.05) is 6.08 Å². The monoisotopic (exact) mass is 168 g/mol. The maximum atomic E-state index is 10.0. The summed E-state index contributed by atoms with van der Waals surface area (Å²) >= 11 is 0. The number of ketones is 3. The van der Waals surface area contributed by atoms with Crippen LogP contribution in [0, 0.1) is 0 Å². The first-order valence-corrected chi connectivity index (χ1v) is 3.70. The van der Waals surface area contributed by atoms with E-state index < -0.39 is 0 Å². The second-order valence-electron chi connectivity index (χ2n) is 2.65. The first-order valence-electron chi connectivity index (χ1n) is 3.70. The van der Waals surface area contributed by atoms with Gasteiger partial charge in [0.1, 0.15) is 11.6 Å². The largest absolute Gasteiger partial charge is 0.300 e. The van der Waals surface area contributed by atoms with Crippen molar-refractivity contribution in [3.63, 3.8) is 0 Å². The highest BCUT2D eigenvalue weighted by Gasteiger charge is 1.98. The molecule has 0 spiro atoms. The van der Waals surface area contributed by atoms with Gasteiger partial charge in [-0.2, -0.15) is 0 Å². The number of Topliss-reactive ketones (excluding diaryl/α,β-unsaturated/α-hetero) is 2. The molecule has 0 aromatic heterocycles. The fraction of sp³-hybridized carbons (Fsp3) is 0.444. The molecule has 0 saturated heterocycles. The third kappa shape index (κ3) is 6.86. The first-order chi connectivity index (χ1) is 5.52. The maximum absolute atomic E-state index is 10.0. The Morgan fingerprint density at radius 1 is 1.33 bits per heavy atom. The van der Waals surface area contributed by atoms with Gasteiger partial charge in [0.15, 0.2) is 5.78 Å². The van der Waals surface area contributed by atoms with Crippen LogP contribution in [0.4, 0.5) is 0 Å². The Kier molecular flexibility index (Phi) is 4.84. The topological polar surface area (TPSA) is 51.2 Å². The van der Waals surface area contributed by atoms with Gasteiger partial charge in [0, 0.05) is 6.42 Å². The van der Waals surface area contributed by atoms with E-state index in [1.54, 1.807) is 6.08 Å². The molecule has 12 heavy (non-hydrogen) atoms. The van der Waals surface area contributed by atoms with E-state index in [0.29, 0.717) is 6.42 Å². The highest BCUT2D eigenvalue weighted by atomic mass is 16.1. The molecule has 1 rings (SSSR count). The zero-order valence-corrected chi connectivity index (χ0v) is 7.29. The fourth-order valence-electron chi connectivity index (χ4n) is 0.565. The van der Waals surface area contributed by atoms with E-state index in [1.807, 2.05) is 6.08 Å². The molecule has 0 aromatic rings. The SMILES string of the molecule is CC(=O)CC(C)=O.O=C1C=CC1. The van der Waals surface area contributed by atoms with Gasteiger partial charge in [-0.3, -0.25) is 14.4 Å². The zero-order valence-electron chi connectivity index (χ0n) is 7.29. The maximum Gasteiger partial charge on any atom is 0.159 e. The number of carbonyl (C=O) groups excluding carboxylic acids is 3. The summed E-state index contributed by atoms with van der Waals surface area (Å²) in [5, 5.41) is 0. The molecule has 0 unspecified atom stereocenters. The molecule has 0 saturated carbocycles. The Balaban J connectivity index is 0.000000211. The molecule has 0 bridgehead atoms. The second-order valence-corrected chi connectivity index (χ2v) is 2.65. The minimum Gasteiger partial charge on any atom is -0.300 e. The molecule has 0 amide bonds. The number of carbonyl (C=O) groups is 3. The van der Waals surface area contributed by atoms with Crippen molar-refractivity contribution in [2.24, 2.45) is 0 Å². The lowest BCUT2D eigenvalue weighted by atomic mass is 10.1. The molecule has 0 N–H and O–H groups in total. The molecule has 0 atom stereocenters. The molecule has 0 radical (unpaired) electrons. The van der Waals surface area contributed by atoms with Crippen LogP contribution in [0.3, 0.4) is 0 Å². The molecule has 3 heteroatoms. The second kappa shape index (κ2) is 5.41. The van der Waals surface area contributed by atoms with Crippen LogP contribution in [0.25, 0.3) is 0 Å². The lowest BCUT2D eigenvalue weighted by molar-refractivity contribution is -0.124. The van der Waals surface area contributed by atoms with Crippen molar-refractivity contribution in [1.29, 1.82) is 0 Å². The minimum absolute atomic E-state index is 0.0625. The predicted molar refractivity (Wildman–Crippen MR) is 44.7 cm³/mol. The van der Waals surface area contributed by atoms with Gasteiger partial charge in [0.05, 0.1) is 6.42 Å². The molecule has 0 fully saturated rings. The lowest BCUT2D eigenvalue weighted by Crippen LogP contribution is -1.97. The fourth-order valence-corrected chi connectivity index (χ4v) is 0.565. The number of hydrogen-bond donors (Lipinski definition) is 0. The first kappa shape index (κ1) is 10.8. The molecule has 3 nitrogen and oxygen atoms in total. The molecule has 1 aliphatic rings. The van der Waals surface area contributed by atoms with Crippen LogP contribution >= 0.6 is 0 Å². The van der Waals surface area contributed by atoms with Gasteiger partial charge in [0.25, 0.3) is 0 Å². The number of allylic oxidation sites excluding steroid dienone is 2. The van der Waals surface area contributed by atoms with E-state index in [9.17, 15) is 14.4 Å². The Hall–Kier alpha value is -1.25. The van der Waals surface area contributed by atoms with Crippen molar-refractivity contribution in [3.8, 4) is 0 Å².